The average Bonchev–Trinajstić information content (AvgIpc) is 2.27. The SMILES string of the molecule is CCOC(=O)CC1=CCN(C(=O)OC(C)(C)C)CC1. The summed E-state index contributed by atoms with van der Waals surface area (Å²) in [7, 11) is 0. The zero-order valence-corrected chi connectivity index (χ0v) is 12.2. The molecule has 1 aliphatic heterocycles. The Morgan fingerprint density at radius 2 is 2.05 bits per heavy atom. The molecule has 0 fully saturated rings. The van der Waals surface area contributed by atoms with E-state index >= 15 is 0 Å². The van der Waals surface area contributed by atoms with Crippen LogP contribution in [-0.2, 0) is 14.3 Å². The van der Waals surface area contributed by atoms with Crippen LogP contribution < -0.4 is 0 Å². The largest absolute Gasteiger partial charge is 0.466 e. The highest BCUT2D eigenvalue weighted by Crippen LogP contribution is 2.17. The number of amides is 1. The number of esters is 1. The highest BCUT2D eigenvalue weighted by atomic mass is 16.6. The first-order chi connectivity index (χ1) is 8.81. The monoisotopic (exact) mass is 269 g/mol. The van der Waals surface area contributed by atoms with Crippen molar-refractivity contribution >= 4 is 12.1 Å². The van der Waals surface area contributed by atoms with E-state index in [4.69, 9.17) is 9.47 Å². The molecule has 0 aromatic heterocycles. The van der Waals surface area contributed by atoms with Crippen LogP contribution in [0.25, 0.3) is 0 Å². The second kappa shape index (κ2) is 6.59. The van der Waals surface area contributed by atoms with Crippen LogP contribution in [0.3, 0.4) is 0 Å². The van der Waals surface area contributed by atoms with E-state index in [0.717, 1.165) is 5.57 Å². The Kier molecular flexibility index (Phi) is 5.39. The predicted octanol–water partition coefficient (Wildman–Crippen LogP) is 2.51. The van der Waals surface area contributed by atoms with Crippen molar-refractivity contribution in [2.75, 3.05) is 19.7 Å². The Labute approximate surface area is 114 Å². The van der Waals surface area contributed by atoms with Gasteiger partial charge in [-0.05, 0) is 34.1 Å². The van der Waals surface area contributed by atoms with Gasteiger partial charge < -0.3 is 14.4 Å². The van der Waals surface area contributed by atoms with Crippen LogP contribution in [0.4, 0.5) is 4.79 Å². The lowest BCUT2D eigenvalue weighted by molar-refractivity contribution is -0.142. The third kappa shape index (κ3) is 5.77. The molecule has 1 rings (SSSR count). The van der Waals surface area contributed by atoms with Crippen LogP contribution in [0.1, 0.15) is 40.5 Å². The highest BCUT2D eigenvalue weighted by molar-refractivity contribution is 5.73. The maximum Gasteiger partial charge on any atom is 0.410 e. The van der Waals surface area contributed by atoms with Crippen molar-refractivity contribution in [2.45, 2.75) is 46.1 Å². The second-order valence-corrected chi connectivity index (χ2v) is 5.52. The van der Waals surface area contributed by atoms with Gasteiger partial charge in [-0.2, -0.15) is 0 Å². The van der Waals surface area contributed by atoms with Gasteiger partial charge in [0.25, 0.3) is 0 Å². The van der Waals surface area contributed by atoms with E-state index in [1.165, 1.54) is 0 Å². The fourth-order valence-electron chi connectivity index (χ4n) is 1.76. The highest BCUT2D eigenvalue weighted by Gasteiger charge is 2.24. The Morgan fingerprint density at radius 3 is 2.53 bits per heavy atom. The molecule has 0 N–H and O–H groups in total. The van der Waals surface area contributed by atoms with Gasteiger partial charge in [0.1, 0.15) is 5.60 Å². The van der Waals surface area contributed by atoms with Crippen LogP contribution in [0.15, 0.2) is 11.6 Å². The molecule has 0 aromatic rings. The normalized spacial score (nSPS) is 15.8. The van der Waals surface area contributed by atoms with Gasteiger partial charge in [0, 0.05) is 13.1 Å². The molecule has 0 saturated heterocycles. The molecule has 0 unspecified atom stereocenters. The summed E-state index contributed by atoms with van der Waals surface area (Å²) in [6, 6.07) is 0. The van der Waals surface area contributed by atoms with Gasteiger partial charge in [-0.25, -0.2) is 4.79 Å². The van der Waals surface area contributed by atoms with E-state index in [2.05, 4.69) is 0 Å². The van der Waals surface area contributed by atoms with Gasteiger partial charge in [-0.3, -0.25) is 4.79 Å². The fourth-order valence-corrected chi connectivity index (χ4v) is 1.76. The van der Waals surface area contributed by atoms with Gasteiger partial charge >= 0.3 is 12.1 Å². The lowest BCUT2D eigenvalue weighted by Gasteiger charge is -2.29. The minimum absolute atomic E-state index is 0.209. The summed E-state index contributed by atoms with van der Waals surface area (Å²) in [6.45, 7) is 8.79. The van der Waals surface area contributed by atoms with Crippen molar-refractivity contribution in [1.82, 2.24) is 4.90 Å². The predicted molar refractivity (Wildman–Crippen MR) is 71.8 cm³/mol. The molecule has 1 aliphatic rings. The van der Waals surface area contributed by atoms with E-state index in [0.29, 0.717) is 32.5 Å². The molecule has 0 radical (unpaired) electrons. The summed E-state index contributed by atoms with van der Waals surface area (Å²) in [5.74, 6) is -0.209. The molecule has 5 nitrogen and oxygen atoms in total. The molecule has 1 amide bonds. The number of carbonyl (C=O) groups excluding carboxylic acids is 2. The average molecular weight is 269 g/mol. The molecule has 0 atom stereocenters. The minimum atomic E-state index is -0.480. The number of hydrogen-bond acceptors (Lipinski definition) is 4. The van der Waals surface area contributed by atoms with E-state index in [9.17, 15) is 9.59 Å². The van der Waals surface area contributed by atoms with Crippen molar-refractivity contribution in [2.24, 2.45) is 0 Å². The first-order valence-electron chi connectivity index (χ1n) is 6.63. The van der Waals surface area contributed by atoms with Crippen LogP contribution >= 0.6 is 0 Å². The van der Waals surface area contributed by atoms with Crippen molar-refractivity contribution < 1.29 is 19.1 Å². The Balaban J connectivity index is 2.44. The van der Waals surface area contributed by atoms with Gasteiger partial charge in [-0.1, -0.05) is 11.6 Å². The quantitative estimate of drug-likeness (QED) is 0.583. The summed E-state index contributed by atoms with van der Waals surface area (Å²) in [6.07, 6.45) is 2.61. The topological polar surface area (TPSA) is 55.8 Å². The Hall–Kier alpha value is -1.52. The molecule has 19 heavy (non-hydrogen) atoms. The smallest absolute Gasteiger partial charge is 0.410 e. The van der Waals surface area contributed by atoms with E-state index in [1.807, 2.05) is 26.8 Å². The second-order valence-electron chi connectivity index (χ2n) is 5.52. The van der Waals surface area contributed by atoms with Crippen molar-refractivity contribution in [3.63, 3.8) is 0 Å². The number of carbonyl (C=O) groups is 2. The van der Waals surface area contributed by atoms with Gasteiger partial charge in [-0.15, -0.1) is 0 Å². The summed E-state index contributed by atoms with van der Waals surface area (Å²) < 4.78 is 10.2. The zero-order valence-electron chi connectivity index (χ0n) is 12.2. The molecular weight excluding hydrogens is 246 g/mol. The van der Waals surface area contributed by atoms with E-state index < -0.39 is 5.60 Å². The van der Waals surface area contributed by atoms with Crippen LogP contribution in [0.2, 0.25) is 0 Å². The van der Waals surface area contributed by atoms with Gasteiger partial charge in [0.2, 0.25) is 0 Å². The van der Waals surface area contributed by atoms with Crippen molar-refractivity contribution in [3.05, 3.63) is 11.6 Å². The molecule has 0 spiro atoms. The van der Waals surface area contributed by atoms with Gasteiger partial charge in [0.15, 0.2) is 0 Å². The summed E-state index contributed by atoms with van der Waals surface area (Å²) in [4.78, 5) is 24.8. The van der Waals surface area contributed by atoms with Crippen LogP contribution in [0.5, 0.6) is 0 Å². The first-order valence-corrected chi connectivity index (χ1v) is 6.63. The number of hydrogen-bond donors (Lipinski definition) is 0. The molecule has 0 saturated carbocycles. The van der Waals surface area contributed by atoms with Crippen molar-refractivity contribution in [1.29, 1.82) is 0 Å². The minimum Gasteiger partial charge on any atom is -0.466 e. The number of ether oxygens (including phenoxy) is 2. The summed E-state index contributed by atoms with van der Waals surface area (Å²) in [5.41, 5.74) is 0.546. The molecule has 1 heterocycles. The lowest BCUT2D eigenvalue weighted by atomic mass is 10.1. The molecular formula is C14H23NO4. The molecule has 0 aromatic carbocycles. The van der Waals surface area contributed by atoms with E-state index in [-0.39, 0.29) is 12.1 Å². The molecule has 0 aliphatic carbocycles. The maximum absolute atomic E-state index is 11.8. The van der Waals surface area contributed by atoms with Crippen LogP contribution in [0, 0.1) is 0 Å². The molecule has 108 valence electrons. The standard InChI is InChI=1S/C14H23NO4/c1-5-18-12(16)10-11-6-8-15(9-7-11)13(17)19-14(2,3)4/h6H,5,7-10H2,1-4H3. The first kappa shape index (κ1) is 15.5. The summed E-state index contributed by atoms with van der Waals surface area (Å²) in [5, 5.41) is 0. The molecule has 0 bridgehead atoms. The number of rotatable bonds is 3. The van der Waals surface area contributed by atoms with Gasteiger partial charge in [0.05, 0.1) is 13.0 Å². The molecule has 5 heteroatoms. The van der Waals surface area contributed by atoms with E-state index in [1.54, 1.807) is 11.8 Å². The summed E-state index contributed by atoms with van der Waals surface area (Å²) >= 11 is 0. The third-order valence-electron chi connectivity index (χ3n) is 2.63. The lowest BCUT2D eigenvalue weighted by Crippen LogP contribution is -2.39. The maximum atomic E-state index is 11.8. The Bertz CT molecular complexity index is 368. The zero-order chi connectivity index (χ0) is 14.5. The Morgan fingerprint density at radius 1 is 1.37 bits per heavy atom. The fraction of sp³-hybridized carbons (Fsp3) is 0.714. The van der Waals surface area contributed by atoms with Crippen molar-refractivity contribution in [3.8, 4) is 0 Å². The third-order valence-corrected chi connectivity index (χ3v) is 2.63. The number of nitrogens with zero attached hydrogens (tertiary/aromatic N) is 1. The van der Waals surface area contributed by atoms with Crippen LogP contribution in [-0.4, -0.2) is 42.3 Å².